The van der Waals surface area contributed by atoms with Crippen molar-refractivity contribution in [3.05, 3.63) is 88.5 Å². The van der Waals surface area contributed by atoms with Crippen LogP contribution in [0.1, 0.15) is 27.8 Å². The second-order valence-electron chi connectivity index (χ2n) is 8.92. The van der Waals surface area contributed by atoms with Crippen LogP contribution in [-0.2, 0) is 29.1 Å². The third-order valence-electron chi connectivity index (χ3n) is 6.28. The molecular weight excluding hydrogens is 430 g/mol. The Morgan fingerprint density at radius 2 is 1.61 bits per heavy atom. The first-order valence-corrected chi connectivity index (χ1v) is 12.6. The lowest BCUT2D eigenvalue weighted by molar-refractivity contribution is 0.352. The van der Waals surface area contributed by atoms with Gasteiger partial charge in [0.25, 0.3) is 0 Å². The molecule has 3 aromatic rings. The van der Waals surface area contributed by atoms with Crippen LogP contribution in [0, 0.1) is 11.3 Å². The van der Waals surface area contributed by atoms with Gasteiger partial charge in [0.1, 0.15) is 0 Å². The number of sulfone groups is 1. The standard InChI is InChI=1S/C27H29N3O2S/c1-29(2)26-17-23-11-13-30(3)14-12-24(23)18-27(26)33(31,32)25-9-7-20(8-10-25)15-21-5-4-6-22(16-21)19-28/h4-10,16-18H,11-15H2,1-3H3. The van der Waals surface area contributed by atoms with E-state index in [4.69, 9.17) is 5.26 Å². The summed E-state index contributed by atoms with van der Waals surface area (Å²) >= 11 is 0. The van der Waals surface area contributed by atoms with Crippen LogP contribution in [0.25, 0.3) is 0 Å². The molecule has 0 amide bonds. The summed E-state index contributed by atoms with van der Waals surface area (Å²) in [6.07, 6.45) is 2.42. The van der Waals surface area contributed by atoms with Gasteiger partial charge in [-0.2, -0.15) is 5.26 Å². The number of rotatable bonds is 5. The van der Waals surface area contributed by atoms with Gasteiger partial charge in [-0.05, 0) is 85.0 Å². The summed E-state index contributed by atoms with van der Waals surface area (Å²) in [5.74, 6) is 0. The highest BCUT2D eigenvalue weighted by molar-refractivity contribution is 7.91. The van der Waals surface area contributed by atoms with Crippen molar-refractivity contribution in [2.45, 2.75) is 29.1 Å². The Morgan fingerprint density at radius 1 is 0.939 bits per heavy atom. The second-order valence-corrected chi connectivity index (χ2v) is 10.8. The topological polar surface area (TPSA) is 64.4 Å². The molecule has 1 aliphatic heterocycles. The molecule has 0 radical (unpaired) electrons. The van der Waals surface area contributed by atoms with Crippen LogP contribution in [-0.4, -0.2) is 47.6 Å². The number of nitriles is 1. The monoisotopic (exact) mass is 459 g/mol. The molecule has 0 aromatic heterocycles. The quantitative estimate of drug-likeness (QED) is 0.575. The second kappa shape index (κ2) is 9.38. The van der Waals surface area contributed by atoms with E-state index in [1.54, 1.807) is 18.2 Å². The van der Waals surface area contributed by atoms with Crippen molar-refractivity contribution in [3.8, 4) is 6.07 Å². The smallest absolute Gasteiger partial charge is 0.208 e. The van der Waals surface area contributed by atoms with Crippen molar-refractivity contribution >= 4 is 15.5 Å². The molecule has 0 N–H and O–H groups in total. The maximum absolute atomic E-state index is 13.7. The van der Waals surface area contributed by atoms with E-state index >= 15 is 0 Å². The van der Waals surface area contributed by atoms with Crippen molar-refractivity contribution in [1.82, 2.24) is 4.90 Å². The highest BCUT2D eigenvalue weighted by Gasteiger charge is 2.25. The number of fused-ring (bicyclic) bond motifs is 1. The minimum Gasteiger partial charge on any atom is -0.377 e. The summed E-state index contributed by atoms with van der Waals surface area (Å²) in [7, 11) is 2.22. The molecule has 5 nitrogen and oxygen atoms in total. The molecule has 0 fully saturated rings. The van der Waals surface area contributed by atoms with Crippen molar-refractivity contribution in [2.24, 2.45) is 0 Å². The van der Waals surface area contributed by atoms with Crippen LogP contribution >= 0.6 is 0 Å². The summed E-state index contributed by atoms with van der Waals surface area (Å²) in [6, 6.07) is 20.7. The van der Waals surface area contributed by atoms with E-state index in [1.807, 2.05) is 55.4 Å². The molecule has 0 saturated heterocycles. The largest absolute Gasteiger partial charge is 0.377 e. The van der Waals surface area contributed by atoms with Crippen LogP contribution in [0.4, 0.5) is 5.69 Å². The molecule has 1 aliphatic rings. The summed E-state index contributed by atoms with van der Waals surface area (Å²) < 4.78 is 27.4. The maximum Gasteiger partial charge on any atom is 0.208 e. The van der Waals surface area contributed by atoms with E-state index in [2.05, 4.69) is 24.1 Å². The fourth-order valence-corrected chi connectivity index (χ4v) is 5.88. The van der Waals surface area contributed by atoms with E-state index in [0.29, 0.717) is 21.8 Å². The maximum atomic E-state index is 13.7. The first-order valence-electron chi connectivity index (χ1n) is 11.1. The summed E-state index contributed by atoms with van der Waals surface area (Å²) in [4.78, 5) is 4.84. The average molecular weight is 460 g/mol. The Morgan fingerprint density at radius 3 is 2.24 bits per heavy atom. The predicted molar refractivity (Wildman–Crippen MR) is 132 cm³/mol. The van der Waals surface area contributed by atoms with Gasteiger partial charge in [0.15, 0.2) is 0 Å². The third-order valence-corrected chi connectivity index (χ3v) is 8.07. The number of nitrogens with zero attached hydrogens (tertiary/aromatic N) is 3. The fourth-order valence-electron chi connectivity index (χ4n) is 4.32. The molecule has 4 rings (SSSR count). The van der Waals surface area contributed by atoms with E-state index < -0.39 is 9.84 Å². The Bertz CT molecular complexity index is 1310. The summed E-state index contributed by atoms with van der Waals surface area (Å²) in [6.45, 7) is 1.90. The lowest BCUT2D eigenvalue weighted by Gasteiger charge is -2.21. The highest BCUT2D eigenvalue weighted by Crippen LogP contribution is 2.33. The lowest BCUT2D eigenvalue weighted by atomic mass is 10.0. The molecule has 6 heteroatoms. The molecule has 0 aliphatic carbocycles. The molecule has 0 saturated carbocycles. The van der Waals surface area contributed by atoms with Crippen LogP contribution < -0.4 is 4.90 Å². The molecule has 0 atom stereocenters. The lowest BCUT2D eigenvalue weighted by Crippen LogP contribution is -2.20. The fraction of sp³-hybridized carbons (Fsp3) is 0.296. The first kappa shape index (κ1) is 23.0. The molecule has 1 heterocycles. The van der Waals surface area contributed by atoms with Crippen molar-refractivity contribution in [2.75, 3.05) is 39.1 Å². The van der Waals surface area contributed by atoms with Crippen LogP contribution in [0.15, 0.2) is 70.5 Å². The minimum absolute atomic E-state index is 0.297. The van der Waals surface area contributed by atoms with Gasteiger partial charge in [-0.25, -0.2) is 8.42 Å². The average Bonchev–Trinajstić information content (AvgIpc) is 2.99. The number of benzene rings is 3. The number of hydrogen-bond acceptors (Lipinski definition) is 5. The molecule has 33 heavy (non-hydrogen) atoms. The van der Waals surface area contributed by atoms with Gasteiger partial charge in [0.2, 0.25) is 9.84 Å². The zero-order chi connectivity index (χ0) is 23.6. The van der Waals surface area contributed by atoms with Gasteiger partial charge in [0.05, 0.1) is 27.1 Å². The van der Waals surface area contributed by atoms with E-state index in [9.17, 15) is 8.42 Å². The molecule has 0 bridgehead atoms. The van der Waals surface area contributed by atoms with Crippen LogP contribution in [0.3, 0.4) is 0 Å². The summed E-state index contributed by atoms with van der Waals surface area (Å²) in [5, 5.41) is 9.10. The molecule has 0 spiro atoms. The number of hydrogen-bond donors (Lipinski definition) is 0. The van der Waals surface area contributed by atoms with Gasteiger partial charge in [-0.3, -0.25) is 0 Å². The van der Waals surface area contributed by atoms with Crippen LogP contribution in [0.2, 0.25) is 0 Å². The molecular formula is C27H29N3O2S. The van der Waals surface area contributed by atoms with Gasteiger partial charge in [-0.15, -0.1) is 0 Å². The molecule has 170 valence electrons. The van der Waals surface area contributed by atoms with E-state index in [-0.39, 0.29) is 0 Å². The zero-order valence-corrected chi connectivity index (χ0v) is 20.2. The SMILES string of the molecule is CN1CCc2cc(N(C)C)c(S(=O)(=O)c3ccc(Cc4cccc(C#N)c4)cc3)cc2CC1. The van der Waals surface area contributed by atoms with Gasteiger partial charge in [0, 0.05) is 27.2 Å². The third kappa shape index (κ3) is 4.95. The van der Waals surface area contributed by atoms with Crippen molar-refractivity contribution in [3.63, 3.8) is 0 Å². The zero-order valence-electron chi connectivity index (χ0n) is 19.4. The highest BCUT2D eigenvalue weighted by atomic mass is 32.2. The van der Waals surface area contributed by atoms with E-state index in [0.717, 1.165) is 48.3 Å². The Labute approximate surface area is 196 Å². The first-order chi connectivity index (χ1) is 15.8. The van der Waals surface area contributed by atoms with Crippen molar-refractivity contribution < 1.29 is 8.42 Å². The van der Waals surface area contributed by atoms with Crippen molar-refractivity contribution in [1.29, 1.82) is 5.26 Å². The Kier molecular flexibility index (Phi) is 6.55. The number of likely N-dealkylation sites (N-methyl/N-ethyl adjacent to an activating group) is 1. The van der Waals surface area contributed by atoms with Crippen LogP contribution in [0.5, 0.6) is 0 Å². The summed E-state index contributed by atoms with van der Waals surface area (Å²) in [5.41, 5.74) is 5.74. The molecule has 0 unspecified atom stereocenters. The van der Waals surface area contributed by atoms with E-state index in [1.165, 1.54) is 5.56 Å². The van der Waals surface area contributed by atoms with Gasteiger partial charge < -0.3 is 9.80 Å². The Balaban J connectivity index is 1.67. The Hall–Kier alpha value is -3.14. The normalized spacial score (nSPS) is 14.2. The number of anilines is 1. The minimum atomic E-state index is -3.67. The predicted octanol–water partition coefficient (Wildman–Crippen LogP) is 4.08. The van der Waals surface area contributed by atoms with Gasteiger partial charge in [-0.1, -0.05) is 24.3 Å². The van der Waals surface area contributed by atoms with Gasteiger partial charge >= 0.3 is 0 Å². The molecule has 3 aromatic carbocycles.